The maximum absolute atomic E-state index is 12.9. The normalized spacial score (nSPS) is 21.9. The average Bonchev–Trinajstić information content (AvgIpc) is 3.29. The lowest BCUT2D eigenvalue weighted by Gasteiger charge is -2.41. The van der Waals surface area contributed by atoms with E-state index in [0.717, 1.165) is 70.6 Å². The lowest BCUT2D eigenvalue weighted by atomic mass is 9.85. The Hall–Kier alpha value is -1.70. The van der Waals surface area contributed by atoms with Crippen LogP contribution in [0.25, 0.3) is 0 Å². The van der Waals surface area contributed by atoms with Crippen LogP contribution in [-0.4, -0.2) is 98.9 Å². The predicted octanol–water partition coefficient (Wildman–Crippen LogP) is 11.6. The number of carbonyl (C=O) groups is 1. The smallest absolute Gasteiger partial charge is 0.457 e. The molecule has 1 rings (SSSR count). The van der Waals surface area contributed by atoms with Gasteiger partial charge >= 0.3 is 13.8 Å². The Morgan fingerprint density at radius 1 is 0.492 bits per heavy atom. The largest absolute Gasteiger partial charge is 0.472 e. The number of allylic oxidation sites excluding steroid dienone is 8. The highest BCUT2D eigenvalue weighted by atomic mass is 31.2. The van der Waals surface area contributed by atoms with Gasteiger partial charge in [-0.25, -0.2) is 4.57 Å². The molecule has 0 aliphatic heterocycles. The topological polar surface area (TPSA) is 192 Å². The number of carbonyl (C=O) groups excluding carboxylic acids is 1. The van der Waals surface area contributed by atoms with E-state index in [2.05, 4.69) is 62.5 Å². The zero-order chi connectivity index (χ0) is 47.6. The van der Waals surface area contributed by atoms with Gasteiger partial charge in [-0.05, 0) is 77.0 Å². The highest BCUT2D eigenvalue weighted by Crippen LogP contribution is 2.47. The van der Waals surface area contributed by atoms with Crippen molar-refractivity contribution in [2.75, 3.05) is 19.8 Å². The van der Waals surface area contributed by atoms with Gasteiger partial charge < -0.3 is 39.9 Å². The first-order valence-electron chi connectivity index (χ1n) is 26.0. The van der Waals surface area contributed by atoms with Crippen molar-refractivity contribution in [3.05, 3.63) is 48.6 Å². The predicted molar refractivity (Wildman–Crippen MR) is 262 cm³/mol. The minimum atomic E-state index is -5.03. The number of rotatable bonds is 44. The van der Waals surface area contributed by atoms with Gasteiger partial charge in [0.25, 0.3) is 0 Å². The number of unbranched alkanes of at least 4 members (excludes halogenated alkanes) is 24. The molecule has 0 amide bonds. The maximum Gasteiger partial charge on any atom is 0.472 e. The fraction of sp³-hybridized carbons (Fsp3) is 0.827. The molecule has 380 valence electrons. The molecular formula is C52H95O12P. The molecule has 0 bridgehead atoms. The summed E-state index contributed by atoms with van der Waals surface area (Å²) in [5.41, 5.74) is 0. The first-order chi connectivity index (χ1) is 31.5. The third-order valence-corrected chi connectivity index (χ3v) is 12.9. The molecule has 0 aromatic heterocycles. The lowest BCUT2D eigenvalue weighted by Crippen LogP contribution is -2.64. The molecule has 6 atom stereocenters. The molecule has 1 aliphatic rings. The van der Waals surface area contributed by atoms with E-state index in [1.165, 1.54) is 116 Å². The molecule has 0 saturated heterocycles. The number of ether oxygens (including phenoxy) is 2. The molecule has 13 heteroatoms. The number of hydrogen-bond acceptors (Lipinski definition) is 11. The van der Waals surface area contributed by atoms with Crippen molar-refractivity contribution in [1.29, 1.82) is 0 Å². The second-order valence-electron chi connectivity index (χ2n) is 18.0. The van der Waals surface area contributed by atoms with Gasteiger partial charge in [-0.3, -0.25) is 13.8 Å². The number of aliphatic hydroxyl groups is 5. The van der Waals surface area contributed by atoms with Crippen LogP contribution in [0, 0.1) is 0 Å². The van der Waals surface area contributed by atoms with Crippen molar-refractivity contribution in [2.24, 2.45) is 0 Å². The molecule has 1 saturated carbocycles. The van der Waals surface area contributed by atoms with E-state index in [1.807, 2.05) is 0 Å². The van der Waals surface area contributed by atoms with Gasteiger partial charge in [0.2, 0.25) is 0 Å². The first-order valence-corrected chi connectivity index (χ1v) is 27.5. The lowest BCUT2D eigenvalue weighted by molar-refractivity contribution is -0.220. The van der Waals surface area contributed by atoms with E-state index >= 15 is 0 Å². The van der Waals surface area contributed by atoms with Gasteiger partial charge in [-0.2, -0.15) is 0 Å². The van der Waals surface area contributed by atoms with E-state index in [0.29, 0.717) is 13.0 Å². The van der Waals surface area contributed by atoms with Crippen molar-refractivity contribution >= 4 is 13.8 Å². The zero-order valence-corrected chi connectivity index (χ0v) is 41.7. The van der Waals surface area contributed by atoms with Crippen LogP contribution in [0.4, 0.5) is 0 Å². The van der Waals surface area contributed by atoms with Gasteiger partial charge in [-0.15, -0.1) is 0 Å². The first kappa shape index (κ1) is 61.3. The van der Waals surface area contributed by atoms with Crippen LogP contribution in [0.3, 0.4) is 0 Å². The SMILES string of the molecule is CCCCC/C=C\C/C=C\CCCCCCCCCCCC(=O)OC(COCCCCCCCCCC/C=C\C/C=C\CCCCCC)COP(=O)(O)OC1C(O)C(O)C(O)C(O)C1O. The molecule has 1 aliphatic carbocycles. The van der Waals surface area contributed by atoms with Crippen LogP contribution >= 0.6 is 7.82 Å². The van der Waals surface area contributed by atoms with E-state index in [1.54, 1.807) is 0 Å². The number of phosphoric ester groups is 1. The minimum Gasteiger partial charge on any atom is -0.457 e. The molecule has 1 fully saturated rings. The molecule has 12 nitrogen and oxygen atoms in total. The molecule has 6 N–H and O–H groups in total. The van der Waals surface area contributed by atoms with Crippen molar-refractivity contribution in [2.45, 2.75) is 256 Å². The van der Waals surface area contributed by atoms with Gasteiger partial charge in [0, 0.05) is 13.0 Å². The summed E-state index contributed by atoms with van der Waals surface area (Å²) in [5, 5.41) is 50.3. The van der Waals surface area contributed by atoms with Crippen LogP contribution in [0.2, 0.25) is 0 Å². The molecule has 0 heterocycles. The number of phosphoric acid groups is 1. The third-order valence-electron chi connectivity index (χ3n) is 11.9. The number of hydrogen-bond donors (Lipinski definition) is 6. The summed E-state index contributed by atoms with van der Waals surface area (Å²) in [6.07, 6.45) is 40.2. The fourth-order valence-electron chi connectivity index (χ4n) is 7.77. The zero-order valence-electron chi connectivity index (χ0n) is 40.8. The number of esters is 1. The van der Waals surface area contributed by atoms with Crippen LogP contribution in [0.15, 0.2) is 48.6 Å². The summed E-state index contributed by atoms with van der Waals surface area (Å²) in [6, 6.07) is 0. The Balaban J connectivity index is 2.35. The Bertz CT molecular complexity index is 1260. The second kappa shape index (κ2) is 42.4. The summed E-state index contributed by atoms with van der Waals surface area (Å²) < 4.78 is 34.3. The van der Waals surface area contributed by atoms with Crippen LogP contribution < -0.4 is 0 Å². The standard InChI is InChI=1S/C52H95O12P/c1-3-5-7-9-11-13-15-17-19-21-23-25-27-29-31-33-35-37-39-41-46(53)63-45(44-62-65(59,60)64-52-50(57)48(55)47(54)49(56)51(52)58)43-61-42-40-38-36-34-32-30-28-26-24-22-20-18-16-14-12-10-8-6-4-2/h11,13-14,16-17,19-20,22,45,47-52,54-58H,3-10,12,15,18,21,23-44H2,1-2H3,(H,59,60)/b13-11-,16-14-,19-17-,22-20-. The molecule has 65 heavy (non-hydrogen) atoms. The highest BCUT2D eigenvalue weighted by molar-refractivity contribution is 7.47. The molecule has 0 aromatic carbocycles. The monoisotopic (exact) mass is 943 g/mol. The molecule has 0 aromatic rings. The van der Waals surface area contributed by atoms with E-state index in [4.69, 9.17) is 18.5 Å². The van der Waals surface area contributed by atoms with E-state index in [-0.39, 0.29) is 13.0 Å². The number of aliphatic hydroxyl groups excluding tert-OH is 5. The summed E-state index contributed by atoms with van der Waals surface area (Å²) in [4.78, 5) is 23.2. The van der Waals surface area contributed by atoms with Crippen LogP contribution in [-0.2, 0) is 27.9 Å². The summed E-state index contributed by atoms with van der Waals surface area (Å²) in [7, 11) is -5.03. The molecule has 0 spiro atoms. The van der Waals surface area contributed by atoms with Gasteiger partial charge in [-0.1, -0.05) is 178 Å². The quantitative estimate of drug-likeness (QED) is 0.0147. The van der Waals surface area contributed by atoms with Gasteiger partial charge in [0.1, 0.15) is 42.7 Å². The Kier molecular flexibility index (Phi) is 40.0. The molecular weight excluding hydrogens is 848 g/mol. The van der Waals surface area contributed by atoms with Crippen molar-refractivity contribution in [3.63, 3.8) is 0 Å². The minimum absolute atomic E-state index is 0.0827. The van der Waals surface area contributed by atoms with Crippen LogP contribution in [0.5, 0.6) is 0 Å². The van der Waals surface area contributed by atoms with Crippen molar-refractivity contribution in [3.8, 4) is 0 Å². The summed E-state index contributed by atoms with van der Waals surface area (Å²) in [6.45, 7) is 4.22. The maximum atomic E-state index is 12.9. The highest BCUT2D eigenvalue weighted by Gasteiger charge is 2.51. The van der Waals surface area contributed by atoms with Gasteiger partial charge in [0.05, 0.1) is 13.2 Å². The van der Waals surface area contributed by atoms with E-state index < -0.39 is 63.1 Å². The van der Waals surface area contributed by atoms with Crippen molar-refractivity contribution < 1.29 is 58.3 Å². The third kappa shape index (κ3) is 34.3. The Morgan fingerprint density at radius 3 is 1.32 bits per heavy atom. The van der Waals surface area contributed by atoms with E-state index in [9.17, 15) is 39.8 Å². The summed E-state index contributed by atoms with van der Waals surface area (Å²) >= 11 is 0. The molecule has 0 radical (unpaired) electrons. The summed E-state index contributed by atoms with van der Waals surface area (Å²) in [5.74, 6) is -0.483. The average molecular weight is 943 g/mol. The van der Waals surface area contributed by atoms with Crippen LogP contribution in [0.1, 0.15) is 213 Å². The molecule has 6 unspecified atom stereocenters. The van der Waals surface area contributed by atoms with Crippen molar-refractivity contribution in [1.82, 2.24) is 0 Å². The Labute approximate surface area is 395 Å². The second-order valence-corrected chi connectivity index (χ2v) is 19.4. The van der Waals surface area contributed by atoms with Gasteiger partial charge in [0.15, 0.2) is 0 Å². The Morgan fingerprint density at radius 2 is 0.862 bits per heavy atom. The fourth-order valence-corrected chi connectivity index (χ4v) is 8.74.